The quantitative estimate of drug-likeness (QED) is 0.791. The Balaban J connectivity index is 2.29. The van der Waals surface area contributed by atoms with E-state index in [1.807, 2.05) is 12.1 Å². The highest BCUT2D eigenvalue weighted by atomic mass is 19.3. The minimum atomic E-state index is -2.29. The van der Waals surface area contributed by atoms with Gasteiger partial charge >= 0.3 is 0 Å². The molecule has 0 saturated heterocycles. The summed E-state index contributed by atoms with van der Waals surface area (Å²) in [4.78, 5) is 0. The van der Waals surface area contributed by atoms with E-state index in [0.29, 0.717) is 5.56 Å². The van der Waals surface area contributed by atoms with Crippen LogP contribution in [0.5, 0.6) is 0 Å². The lowest BCUT2D eigenvalue weighted by Crippen LogP contribution is -2.21. The summed E-state index contributed by atoms with van der Waals surface area (Å²) in [6, 6.07) is 7.25. The van der Waals surface area contributed by atoms with E-state index >= 15 is 0 Å². The Kier molecular flexibility index (Phi) is 2.27. The molecule has 0 unspecified atom stereocenters. The number of benzene rings is 1. The van der Waals surface area contributed by atoms with E-state index in [4.69, 9.17) is 5.73 Å². The fourth-order valence-electron chi connectivity index (χ4n) is 1.75. The molecule has 0 heterocycles. The Hall–Kier alpha value is -0.960. The maximum Gasteiger partial charge on any atom is 0.242 e. The monoisotopic (exact) mass is 197 g/mol. The molecule has 0 amide bonds. The Bertz CT molecular complexity index is 332. The highest BCUT2D eigenvalue weighted by Gasteiger charge is 2.41. The van der Waals surface area contributed by atoms with E-state index in [0.717, 1.165) is 18.4 Å². The predicted octanol–water partition coefficient (Wildman–Crippen LogP) is 2.44. The maximum absolute atomic E-state index is 12.3. The summed E-state index contributed by atoms with van der Waals surface area (Å²) < 4.78 is 24.5. The molecular formula is C11H13F2N. The number of hydrogen-bond acceptors (Lipinski definition) is 1. The highest BCUT2D eigenvalue weighted by molar-refractivity contribution is 5.37. The molecule has 2 rings (SSSR count). The van der Waals surface area contributed by atoms with Crippen molar-refractivity contribution in [1.29, 1.82) is 0 Å². The van der Waals surface area contributed by atoms with Crippen molar-refractivity contribution in [2.45, 2.75) is 31.2 Å². The minimum Gasteiger partial charge on any atom is -0.321 e. The second-order valence-electron chi connectivity index (χ2n) is 3.91. The van der Waals surface area contributed by atoms with Crippen LogP contribution >= 0.6 is 0 Å². The zero-order valence-electron chi connectivity index (χ0n) is 7.84. The van der Waals surface area contributed by atoms with Gasteiger partial charge in [-0.1, -0.05) is 24.3 Å². The molecule has 1 aliphatic carbocycles. The van der Waals surface area contributed by atoms with E-state index in [9.17, 15) is 8.78 Å². The molecule has 1 aromatic rings. The Morgan fingerprint density at radius 2 is 1.93 bits per heavy atom. The zero-order valence-corrected chi connectivity index (χ0v) is 7.84. The summed E-state index contributed by atoms with van der Waals surface area (Å²) >= 11 is 0. The molecule has 0 aliphatic heterocycles. The number of hydrogen-bond donors (Lipinski definition) is 1. The van der Waals surface area contributed by atoms with Gasteiger partial charge in [-0.25, -0.2) is 8.78 Å². The van der Waals surface area contributed by atoms with Crippen LogP contribution in [0.1, 0.15) is 24.0 Å². The number of halogens is 2. The smallest absolute Gasteiger partial charge is 0.242 e. The summed E-state index contributed by atoms with van der Waals surface area (Å²) in [5.41, 5.74) is 7.29. The molecule has 1 saturated carbocycles. The van der Waals surface area contributed by atoms with Crippen molar-refractivity contribution < 1.29 is 8.78 Å². The minimum absolute atomic E-state index is 0.185. The van der Waals surface area contributed by atoms with Crippen molar-refractivity contribution >= 4 is 0 Å². The average molecular weight is 197 g/mol. The highest BCUT2D eigenvalue weighted by Crippen LogP contribution is 2.44. The lowest BCUT2D eigenvalue weighted by atomic mass is 9.97. The first kappa shape index (κ1) is 9.59. The Morgan fingerprint density at radius 1 is 1.29 bits per heavy atom. The van der Waals surface area contributed by atoms with Gasteiger partial charge in [0.25, 0.3) is 0 Å². The van der Waals surface area contributed by atoms with Crippen LogP contribution in [-0.4, -0.2) is 6.43 Å². The van der Waals surface area contributed by atoms with Crippen molar-refractivity contribution in [3.63, 3.8) is 0 Å². The first-order valence-electron chi connectivity index (χ1n) is 4.77. The Morgan fingerprint density at radius 3 is 2.50 bits per heavy atom. The van der Waals surface area contributed by atoms with E-state index < -0.39 is 6.43 Å². The molecular weight excluding hydrogens is 184 g/mol. The van der Waals surface area contributed by atoms with Gasteiger partial charge in [0.1, 0.15) is 0 Å². The van der Waals surface area contributed by atoms with Crippen molar-refractivity contribution in [2.24, 2.45) is 5.73 Å². The van der Waals surface area contributed by atoms with Gasteiger partial charge in [-0.3, -0.25) is 0 Å². The second-order valence-corrected chi connectivity index (χ2v) is 3.91. The summed E-state index contributed by atoms with van der Waals surface area (Å²) in [5, 5.41) is 0. The molecule has 2 N–H and O–H groups in total. The van der Waals surface area contributed by atoms with Crippen molar-refractivity contribution in [3.8, 4) is 0 Å². The Labute approximate surface area is 81.9 Å². The molecule has 0 atom stereocenters. The van der Waals surface area contributed by atoms with Gasteiger partial charge in [0, 0.05) is 12.0 Å². The van der Waals surface area contributed by atoms with E-state index in [1.54, 1.807) is 12.1 Å². The third-order valence-electron chi connectivity index (χ3n) is 2.72. The SMILES string of the molecule is NC1(c2ccccc2CC(F)F)CC1. The van der Waals surface area contributed by atoms with Gasteiger partial charge in [0.05, 0.1) is 0 Å². The van der Waals surface area contributed by atoms with Crippen LogP contribution in [0.25, 0.3) is 0 Å². The fourth-order valence-corrected chi connectivity index (χ4v) is 1.75. The molecule has 0 aromatic heterocycles. The normalized spacial score (nSPS) is 18.6. The molecule has 0 radical (unpaired) electrons. The van der Waals surface area contributed by atoms with E-state index in [2.05, 4.69) is 0 Å². The molecule has 1 aromatic carbocycles. The molecule has 0 bridgehead atoms. The average Bonchev–Trinajstić information content (AvgIpc) is 2.84. The maximum atomic E-state index is 12.3. The van der Waals surface area contributed by atoms with Crippen LogP contribution < -0.4 is 5.73 Å². The molecule has 1 nitrogen and oxygen atoms in total. The second kappa shape index (κ2) is 3.31. The molecule has 3 heteroatoms. The summed E-state index contributed by atoms with van der Waals surface area (Å²) in [5.74, 6) is 0. The fraction of sp³-hybridized carbons (Fsp3) is 0.455. The van der Waals surface area contributed by atoms with Gasteiger partial charge in [-0.15, -0.1) is 0 Å². The van der Waals surface area contributed by atoms with Crippen LogP contribution in [0.15, 0.2) is 24.3 Å². The largest absolute Gasteiger partial charge is 0.321 e. The van der Waals surface area contributed by atoms with Crippen molar-refractivity contribution in [2.75, 3.05) is 0 Å². The molecule has 76 valence electrons. The standard InChI is InChI=1S/C11H13F2N/c12-10(13)7-8-3-1-2-4-9(8)11(14)5-6-11/h1-4,10H,5-7,14H2. The molecule has 1 aliphatic rings. The van der Waals surface area contributed by atoms with Crippen LogP contribution in [0.3, 0.4) is 0 Å². The number of rotatable bonds is 3. The van der Waals surface area contributed by atoms with Crippen molar-refractivity contribution in [1.82, 2.24) is 0 Å². The van der Waals surface area contributed by atoms with Crippen LogP contribution in [0.4, 0.5) is 8.78 Å². The van der Waals surface area contributed by atoms with Gasteiger partial charge in [0.15, 0.2) is 0 Å². The third-order valence-corrected chi connectivity index (χ3v) is 2.72. The number of alkyl halides is 2. The summed E-state index contributed by atoms with van der Waals surface area (Å²) in [7, 11) is 0. The summed E-state index contributed by atoms with van der Waals surface area (Å²) in [6.07, 6.45) is -0.659. The zero-order chi connectivity index (χ0) is 10.2. The van der Waals surface area contributed by atoms with Crippen LogP contribution in [-0.2, 0) is 12.0 Å². The van der Waals surface area contributed by atoms with Gasteiger partial charge in [-0.2, -0.15) is 0 Å². The molecule has 0 spiro atoms. The predicted molar refractivity (Wildman–Crippen MR) is 51.2 cm³/mol. The third kappa shape index (κ3) is 1.77. The van der Waals surface area contributed by atoms with E-state index in [1.165, 1.54) is 0 Å². The number of nitrogens with two attached hydrogens (primary N) is 1. The first-order valence-corrected chi connectivity index (χ1v) is 4.77. The topological polar surface area (TPSA) is 26.0 Å². The lowest BCUT2D eigenvalue weighted by Gasteiger charge is -2.14. The first-order chi connectivity index (χ1) is 6.62. The van der Waals surface area contributed by atoms with Gasteiger partial charge < -0.3 is 5.73 Å². The van der Waals surface area contributed by atoms with Crippen LogP contribution in [0.2, 0.25) is 0 Å². The van der Waals surface area contributed by atoms with Crippen molar-refractivity contribution in [3.05, 3.63) is 35.4 Å². The van der Waals surface area contributed by atoms with Gasteiger partial charge in [-0.05, 0) is 24.0 Å². The summed E-state index contributed by atoms with van der Waals surface area (Å²) in [6.45, 7) is 0. The van der Waals surface area contributed by atoms with E-state index in [-0.39, 0.29) is 12.0 Å². The lowest BCUT2D eigenvalue weighted by molar-refractivity contribution is 0.148. The molecule has 1 fully saturated rings. The molecule has 14 heavy (non-hydrogen) atoms. The van der Waals surface area contributed by atoms with Crippen LogP contribution in [0, 0.1) is 0 Å². The van der Waals surface area contributed by atoms with Gasteiger partial charge in [0.2, 0.25) is 6.43 Å².